The van der Waals surface area contributed by atoms with E-state index in [0.29, 0.717) is 43.7 Å². The number of amides is 2. The molecule has 1 aromatic carbocycles. The summed E-state index contributed by atoms with van der Waals surface area (Å²) in [5.74, 6) is 0.567. The molecule has 3 rings (SSSR count). The van der Waals surface area contributed by atoms with Gasteiger partial charge in [0, 0.05) is 25.7 Å². The highest BCUT2D eigenvalue weighted by atomic mass is 19.1. The topological polar surface area (TPSA) is 54.0 Å². The Morgan fingerprint density at radius 1 is 1.44 bits per heavy atom. The van der Waals surface area contributed by atoms with Crippen molar-refractivity contribution >= 4 is 11.7 Å². The van der Waals surface area contributed by atoms with E-state index in [2.05, 4.69) is 5.32 Å². The van der Waals surface area contributed by atoms with Crippen molar-refractivity contribution in [2.24, 2.45) is 5.92 Å². The number of hydrogen-bond donors (Lipinski definition) is 1. The molecular formula is C18H26FN3O3. The van der Waals surface area contributed by atoms with Gasteiger partial charge in [0.2, 0.25) is 0 Å². The molecule has 0 radical (unpaired) electrons. The largest absolute Gasteiger partial charge is 0.491 e. The first-order chi connectivity index (χ1) is 12.0. The van der Waals surface area contributed by atoms with Crippen LogP contribution in [0.5, 0.6) is 5.75 Å². The normalized spacial score (nSPS) is 20.6. The monoisotopic (exact) mass is 351 g/mol. The van der Waals surface area contributed by atoms with E-state index in [4.69, 9.17) is 9.47 Å². The number of halogens is 1. The number of nitrogens with one attached hydrogen (secondary N) is 1. The number of carbonyl (C=O) groups excluding carboxylic acids is 1. The molecule has 1 aliphatic carbocycles. The van der Waals surface area contributed by atoms with E-state index >= 15 is 0 Å². The molecule has 1 saturated carbocycles. The van der Waals surface area contributed by atoms with E-state index in [-0.39, 0.29) is 18.0 Å². The maximum atomic E-state index is 13.5. The van der Waals surface area contributed by atoms with Crippen molar-refractivity contribution in [2.45, 2.75) is 18.9 Å². The molecule has 1 unspecified atom stereocenters. The molecule has 0 spiro atoms. The van der Waals surface area contributed by atoms with Gasteiger partial charge in [-0.05, 0) is 45.0 Å². The average Bonchev–Trinajstić information content (AvgIpc) is 3.39. The van der Waals surface area contributed by atoms with Gasteiger partial charge in [-0.25, -0.2) is 9.18 Å². The Bertz CT molecular complexity index is 607. The fourth-order valence-corrected chi connectivity index (χ4v) is 2.83. The number of likely N-dealkylation sites (N-methyl/N-ethyl adjacent to an activating group) is 1. The third-order valence-corrected chi connectivity index (χ3v) is 4.35. The summed E-state index contributed by atoms with van der Waals surface area (Å²) in [6, 6.07) is 3.99. The summed E-state index contributed by atoms with van der Waals surface area (Å²) in [7, 11) is 3.95. The number of rotatable bonds is 6. The fourth-order valence-electron chi connectivity index (χ4n) is 2.83. The Kier molecular flexibility index (Phi) is 5.75. The molecule has 138 valence electrons. The summed E-state index contributed by atoms with van der Waals surface area (Å²) >= 11 is 0. The van der Waals surface area contributed by atoms with Gasteiger partial charge in [-0.3, -0.25) is 0 Å². The zero-order valence-electron chi connectivity index (χ0n) is 14.8. The minimum Gasteiger partial charge on any atom is -0.491 e. The van der Waals surface area contributed by atoms with Crippen molar-refractivity contribution in [3.8, 4) is 5.75 Å². The van der Waals surface area contributed by atoms with Crippen LogP contribution in [0.2, 0.25) is 0 Å². The third kappa shape index (κ3) is 5.31. The van der Waals surface area contributed by atoms with Crippen LogP contribution in [-0.2, 0) is 4.74 Å². The Hall–Kier alpha value is -1.86. The van der Waals surface area contributed by atoms with Crippen LogP contribution in [0.1, 0.15) is 12.8 Å². The Labute approximate surface area is 147 Å². The maximum Gasteiger partial charge on any atom is 0.322 e. The minimum atomic E-state index is -0.374. The van der Waals surface area contributed by atoms with Crippen LogP contribution in [0.4, 0.5) is 14.9 Å². The number of hydrogen-bond acceptors (Lipinski definition) is 4. The molecular weight excluding hydrogens is 325 g/mol. The number of benzene rings is 1. The fraction of sp³-hybridized carbons (Fsp3) is 0.611. The van der Waals surface area contributed by atoms with Crippen molar-refractivity contribution in [3.05, 3.63) is 24.0 Å². The number of morpholine rings is 1. The molecule has 25 heavy (non-hydrogen) atoms. The van der Waals surface area contributed by atoms with Crippen molar-refractivity contribution in [1.82, 2.24) is 9.80 Å². The van der Waals surface area contributed by atoms with Gasteiger partial charge in [0.1, 0.15) is 11.6 Å². The van der Waals surface area contributed by atoms with Crippen LogP contribution in [0.25, 0.3) is 0 Å². The van der Waals surface area contributed by atoms with E-state index in [1.54, 1.807) is 11.0 Å². The van der Waals surface area contributed by atoms with E-state index in [0.717, 1.165) is 19.4 Å². The van der Waals surface area contributed by atoms with Crippen LogP contribution in [0, 0.1) is 11.7 Å². The Morgan fingerprint density at radius 3 is 2.96 bits per heavy atom. The molecule has 2 fully saturated rings. The maximum absolute atomic E-state index is 13.5. The van der Waals surface area contributed by atoms with Crippen LogP contribution >= 0.6 is 0 Å². The molecule has 0 aromatic heterocycles. The first kappa shape index (κ1) is 17.9. The van der Waals surface area contributed by atoms with Gasteiger partial charge in [0.15, 0.2) is 0 Å². The molecule has 1 atom stereocenters. The van der Waals surface area contributed by atoms with Crippen LogP contribution in [-0.4, -0.2) is 68.9 Å². The average molecular weight is 351 g/mol. The minimum absolute atomic E-state index is 0.00620. The molecule has 7 heteroatoms. The van der Waals surface area contributed by atoms with E-state index in [1.165, 1.54) is 12.1 Å². The molecule has 2 aliphatic rings. The molecule has 1 N–H and O–H groups in total. The highest BCUT2D eigenvalue weighted by Gasteiger charge is 2.26. The van der Waals surface area contributed by atoms with Crippen molar-refractivity contribution in [2.75, 3.05) is 52.3 Å². The quantitative estimate of drug-likeness (QED) is 0.855. The third-order valence-electron chi connectivity index (χ3n) is 4.35. The van der Waals surface area contributed by atoms with Gasteiger partial charge in [0.25, 0.3) is 0 Å². The van der Waals surface area contributed by atoms with Gasteiger partial charge < -0.3 is 24.6 Å². The summed E-state index contributed by atoms with van der Waals surface area (Å²) in [6.45, 7) is 2.91. The number of urea groups is 1. The molecule has 1 heterocycles. The van der Waals surface area contributed by atoms with E-state index in [1.807, 2.05) is 19.0 Å². The number of ether oxygens (including phenoxy) is 2. The van der Waals surface area contributed by atoms with Gasteiger partial charge in [-0.1, -0.05) is 0 Å². The zero-order chi connectivity index (χ0) is 17.8. The Morgan fingerprint density at radius 2 is 2.24 bits per heavy atom. The first-order valence-electron chi connectivity index (χ1n) is 8.76. The number of nitrogens with zero attached hydrogens (tertiary/aromatic N) is 2. The summed E-state index contributed by atoms with van der Waals surface area (Å²) in [5.41, 5.74) is 0.503. The van der Waals surface area contributed by atoms with Gasteiger partial charge >= 0.3 is 6.03 Å². The zero-order valence-corrected chi connectivity index (χ0v) is 14.8. The summed E-state index contributed by atoms with van der Waals surface area (Å²) in [4.78, 5) is 16.3. The SMILES string of the molecule is CN(C)CC1CN(C(=O)Nc2ccc(F)cc2OCC2CC2)CCO1. The molecule has 1 saturated heterocycles. The highest BCUT2D eigenvalue weighted by Crippen LogP contribution is 2.32. The van der Waals surface area contributed by atoms with Gasteiger partial charge in [0.05, 0.1) is 25.0 Å². The second-order valence-corrected chi connectivity index (χ2v) is 7.03. The van der Waals surface area contributed by atoms with Crippen LogP contribution < -0.4 is 10.1 Å². The molecule has 1 aliphatic heterocycles. The summed E-state index contributed by atoms with van der Waals surface area (Å²) < 4.78 is 24.9. The van der Waals surface area contributed by atoms with Crippen molar-refractivity contribution in [1.29, 1.82) is 0 Å². The highest BCUT2D eigenvalue weighted by molar-refractivity contribution is 5.91. The second kappa shape index (κ2) is 8.01. The van der Waals surface area contributed by atoms with Crippen LogP contribution in [0.3, 0.4) is 0 Å². The summed E-state index contributed by atoms with van der Waals surface area (Å²) in [6.07, 6.45) is 2.30. The van der Waals surface area contributed by atoms with Crippen molar-refractivity contribution in [3.63, 3.8) is 0 Å². The lowest BCUT2D eigenvalue weighted by molar-refractivity contribution is -0.0229. The van der Waals surface area contributed by atoms with E-state index < -0.39 is 0 Å². The van der Waals surface area contributed by atoms with E-state index in [9.17, 15) is 9.18 Å². The molecule has 6 nitrogen and oxygen atoms in total. The second-order valence-electron chi connectivity index (χ2n) is 7.03. The van der Waals surface area contributed by atoms with Crippen molar-refractivity contribution < 1.29 is 18.7 Å². The number of anilines is 1. The lowest BCUT2D eigenvalue weighted by atomic mass is 10.2. The standard InChI is InChI=1S/C18H26FN3O3/c1-21(2)10-15-11-22(7-8-24-15)18(23)20-16-6-5-14(19)9-17(16)25-12-13-3-4-13/h5-6,9,13,15H,3-4,7-8,10-12H2,1-2H3,(H,20,23). The molecule has 1 aromatic rings. The van der Waals surface area contributed by atoms with Gasteiger partial charge in [-0.2, -0.15) is 0 Å². The summed E-state index contributed by atoms with van der Waals surface area (Å²) in [5, 5.41) is 2.85. The molecule has 0 bridgehead atoms. The number of carbonyl (C=O) groups is 1. The lowest BCUT2D eigenvalue weighted by Crippen LogP contribution is -2.50. The van der Waals surface area contributed by atoms with Crippen LogP contribution in [0.15, 0.2) is 18.2 Å². The lowest BCUT2D eigenvalue weighted by Gasteiger charge is -2.34. The Balaban J connectivity index is 1.61. The van der Waals surface area contributed by atoms with Gasteiger partial charge in [-0.15, -0.1) is 0 Å². The smallest absolute Gasteiger partial charge is 0.322 e. The first-order valence-corrected chi connectivity index (χ1v) is 8.76. The predicted octanol–water partition coefficient (Wildman–Crippen LogP) is 2.41. The molecule has 2 amide bonds. The predicted molar refractivity (Wildman–Crippen MR) is 93.5 cm³/mol.